The second kappa shape index (κ2) is 10.3. The van der Waals surface area contributed by atoms with Gasteiger partial charge >= 0.3 is 0 Å². The Morgan fingerprint density at radius 3 is 2.41 bits per heavy atom. The lowest BCUT2D eigenvalue weighted by atomic mass is 9.52. The number of nitriles is 1. The molecule has 2 aromatic carbocycles. The van der Waals surface area contributed by atoms with E-state index in [-0.39, 0.29) is 30.7 Å². The van der Waals surface area contributed by atoms with Gasteiger partial charge in [-0.05, 0) is 61.2 Å². The molecule has 0 saturated heterocycles. The largest absolute Gasteiger partial charge is 0.507 e. The fraction of sp³-hybridized carbons (Fsp3) is 0.400. The molecule has 2 saturated carbocycles. The van der Waals surface area contributed by atoms with Crippen LogP contribution in [0.25, 0.3) is 11.1 Å². The monoisotopic (exact) mass is 558 g/mol. The minimum absolute atomic E-state index is 0.0114. The first kappa shape index (κ1) is 28.3. The van der Waals surface area contributed by atoms with Gasteiger partial charge in [-0.2, -0.15) is 5.26 Å². The van der Waals surface area contributed by atoms with Crippen LogP contribution in [0, 0.1) is 35.0 Å². The second-order valence-electron chi connectivity index (χ2n) is 11.2. The zero-order chi connectivity index (χ0) is 29.8. The lowest BCUT2D eigenvalue weighted by molar-refractivity contribution is -0.181. The van der Waals surface area contributed by atoms with Gasteiger partial charge in [0.1, 0.15) is 5.75 Å². The summed E-state index contributed by atoms with van der Waals surface area (Å²) in [5, 5.41) is 34.1. The molecule has 3 aliphatic rings. The third-order valence-corrected chi connectivity index (χ3v) is 8.74. The average Bonchev–Trinajstić information content (AvgIpc) is 2.91. The van der Waals surface area contributed by atoms with Crippen molar-refractivity contribution in [2.75, 3.05) is 20.6 Å². The van der Waals surface area contributed by atoms with Crippen LogP contribution in [0.5, 0.6) is 5.75 Å². The highest BCUT2D eigenvalue weighted by Gasteiger charge is 2.69. The summed E-state index contributed by atoms with van der Waals surface area (Å²) in [6.45, 7) is 0.707. The molecule has 0 aliphatic heterocycles. The van der Waals surface area contributed by atoms with Crippen LogP contribution >= 0.6 is 0 Å². The molecule has 0 bridgehead atoms. The summed E-state index contributed by atoms with van der Waals surface area (Å²) in [5.41, 5.74) is 5.49. The Kier molecular flexibility index (Phi) is 7.11. The standard InChI is InChI=1S/C30H30N4O7/c1-34(2)24-19-12-16-11-18-17(15-5-3-14(4-6-15)13-33-10-9-31)7-8-20(35)22(18)25(36)21(16)27(38)30(19,41)28(39)23(26(24)37)29(32)40/h3-8,16,19,21,23-24,33,35,41H,10-13H2,1-2H3,(H2,32,40). The fourth-order valence-electron chi connectivity index (χ4n) is 6.94. The van der Waals surface area contributed by atoms with Crippen molar-refractivity contribution in [3.8, 4) is 22.9 Å². The quantitative estimate of drug-likeness (QED) is 0.216. The molecule has 212 valence electrons. The number of phenolic OH excluding ortho intramolecular Hbond substituents is 1. The van der Waals surface area contributed by atoms with Crippen LogP contribution in [-0.4, -0.2) is 76.4 Å². The molecule has 6 atom stereocenters. The maximum absolute atomic E-state index is 13.9. The van der Waals surface area contributed by atoms with E-state index >= 15 is 0 Å². The molecule has 6 unspecified atom stereocenters. The predicted octanol–water partition coefficient (Wildman–Crippen LogP) is 0.147. The number of carbonyl (C=O) groups excluding carboxylic acids is 5. The number of nitrogens with zero attached hydrogens (tertiary/aromatic N) is 2. The SMILES string of the molecule is CN(C)C1C(=O)C(C(N)=O)C(=O)C2(O)C(=O)C3C(=O)c4c(O)ccc(-c5ccc(CNCC#N)cc5)c4CC3CC12. The Morgan fingerprint density at radius 1 is 1.12 bits per heavy atom. The van der Waals surface area contributed by atoms with Gasteiger partial charge in [0.2, 0.25) is 5.91 Å². The molecule has 11 heteroatoms. The van der Waals surface area contributed by atoms with Crippen LogP contribution in [-0.2, 0) is 32.1 Å². The molecule has 5 N–H and O–H groups in total. The summed E-state index contributed by atoms with van der Waals surface area (Å²) >= 11 is 0. The zero-order valence-corrected chi connectivity index (χ0v) is 22.6. The van der Waals surface area contributed by atoms with Crippen molar-refractivity contribution < 1.29 is 34.2 Å². The number of likely N-dealkylation sites (N-methyl/N-ethyl adjacent to an activating group) is 1. The molecule has 1 amide bonds. The number of carbonyl (C=O) groups is 5. The van der Waals surface area contributed by atoms with E-state index in [0.717, 1.165) is 11.1 Å². The molecule has 2 fully saturated rings. The van der Waals surface area contributed by atoms with Gasteiger partial charge in [-0.3, -0.25) is 28.9 Å². The number of phenols is 1. The Balaban J connectivity index is 1.57. The Bertz CT molecular complexity index is 1530. The maximum Gasteiger partial charge on any atom is 0.235 e. The number of amides is 1. The minimum atomic E-state index is -2.75. The van der Waals surface area contributed by atoms with E-state index in [1.807, 2.05) is 30.3 Å². The minimum Gasteiger partial charge on any atom is -0.507 e. The number of Topliss-reactive ketones (excluding diaryl/α,β-unsaturated/α-hetero) is 4. The number of benzene rings is 2. The van der Waals surface area contributed by atoms with Crippen molar-refractivity contribution in [3.05, 3.63) is 53.1 Å². The number of fused-ring (bicyclic) bond motifs is 3. The smallest absolute Gasteiger partial charge is 0.235 e. The first-order valence-corrected chi connectivity index (χ1v) is 13.3. The van der Waals surface area contributed by atoms with Crippen molar-refractivity contribution in [2.24, 2.45) is 29.4 Å². The molecule has 11 nitrogen and oxygen atoms in total. The van der Waals surface area contributed by atoms with Crippen molar-refractivity contribution in [2.45, 2.75) is 31.0 Å². The van der Waals surface area contributed by atoms with E-state index in [0.29, 0.717) is 17.7 Å². The lowest BCUT2D eigenvalue weighted by Gasteiger charge is -2.52. The van der Waals surface area contributed by atoms with Crippen LogP contribution in [0.15, 0.2) is 36.4 Å². The van der Waals surface area contributed by atoms with E-state index in [4.69, 9.17) is 11.0 Å². The fourth-order valence-corrected chi connectivity index (χ4v) is 6.94. The number of nitrogens with one attached hydrogen (secondary N) is 1. The Hall–Kier alpha value is -4.24. The lowest BCUT2D eigenvalue weighted by Crippen LogP contribution is -2.74. The summed E-state index contributed by atoms with van der Waals surface area (Å²) in [6, 6.07) is 11.4. The van der Waals surface area contributed by atoms with Crippen LogP contribution in [0.3, 0.4) is 0 Å². The highest BCUT2D eigenvalue weighted by atomic mass is 16.3. The first-order chi connectivity index (χ1) is 19.4. The number of ketones is 4. The predicted molar refractivity (Wildman–Crippen MR) is 144 cm³/mol. The van der Waals surface area contributed by atoms with Crippen LogP contribution in [0.2, 0.25) is 0 Å². The van der Waals surface area contributed by atoms with Crippen molar-refractivity contribution in [3.63, 3.8) is 0 Å². The summed E-state index contributed by atoms with van der Waals surface area (Å²) in [7, 11) is 3.09. The van der Waals surface area contributed by atoms with Crippen molar-refractivity contribution in [1.82, 2.24) is 10.2 Å². The highest BCUT2D eigenvalue weighted by Crippen LogP contribution is 2.51. The van der Waals surface area contributed by atoms with Gasteiger partial charge in [-0.1, -0.05) is 30.3 Å². The first-order valence-electron chi connectivity index (χ1n) is 13.3. The summed E-state index contributed by atoms with van der Waals surface area (Å²) in [5.74, 6) is -10.7. The van der Waals surface area contributed by atoms with Gasteiger partial charge in [0.15, 0.2) is 34.7 Å². The van der Waals surface area contributed by atoms with Gasteiger partial charge in [0, 0.05) is 12.5 Å². The molecule has 3 aliphatic carbocycles. The van der Waals surface area contributed by atoms with E-state index in [9.17, 15) is 34.2 Å². The van der Waals surface area contributed by atoms with Gasteiger partial charge in [0.05, 0.1) is 30.1 Å². The number of primary amides is 1. The Morgan fingerprint density at radius 2 is 1.80 bits per heavy atom. The Labute approximate surface area is 235 Å². The number of aromatic hydroxyl groups is 1. The highest BCUT2D eigenvalue weighted by molar-refractivity contribution is 6.32. The van der Waals surface area contributed by atoms with Gasteiger partial charge in [-0.15, -0.1) is 0 Å². The molecule has 2 aromatic rings. The number of hydrogen-bond acceptors (Lipinski definition) is 10. The molecule has 5 rings (SSSR count). The third kappa shape index (κ3) is 4.26. The number of rotatable bonds is 6. The van der Waals surface area contributed by atoms with E-state index in [1.165, 1.54) is 11.0 Å². The van der Waals surface area contributed by atoms with Crippen molar-refractivity contribution >= 4 is 29.0 Å². The summed E-state index contributed by atoms with van der Waals surface area (Å²) in [4.78, 5) is 68.0. The zero-order valence-electron chi connectivity index (χ0n) is 22.6. The molecule has 0 spiro atoms. The molecular weight excluding hydrogens is 528 g/mol. The van der Waals surface area contributed by atoms with Gasteiger partial charge in [0.25, 0.3) is 0 Å². The second-order valence-corrected chi connectivity index (χ2v) is 11.2. The normalized spacial score (nSPS) is 29.0. The van der Waals surface area contributed by atoms with E-state index in [2.05, 4.69) is 5.32 Å². The molecular formula is C30H30N4O7. The number of nitrogens with two attached hydrogens (primary N) is 1. The molecule has 0 heterocycles. The number of hydrogen-bond donors (Lipinski definition) is 4. The van der Waals surface area contributed by atoms with Crippen LogP contribution in [0.4, 0.5) is 0 Å². The van der Waals surface area contributed by atoms with Crippen LogP contribution in [0.1, 0.15) is 27.9 Å². The number of aliphatic hydroxyl groups is 1. The maximum atomic E-state index is 13.9. The van der Waals surface area contributed by atoms with E-state index < -0.39 is 64.4 Å². The summed E-state index contributed by atoms with van der Waals surface area (Å²) < 4.78 is 0. The van der Waals surface area contributed by atoms with Crippen LogP contribution < -0.4 is 11.1 Å². The van der Waals surface area contributed by atoms with Gasteiger partial charge in [-0.25, -0.2) is 0 Å². The molecule has 0 aromatic heterocycles. The topological polar surface area (TPSA) is 191 Å². The molecule has 41 heavy (non-hydrogen) atoms. The molecule has 0 radical (unpaired) electrons. The average molecular weight is 559 g/mol. The third-order valence-electron chi connectivity index (χ3n) is 8.74. The summed E-state index contributed by atoms with van der Waals surface area (Å²) in [6.07, 6.45) is 0.170. The van der Waals surface area contributed by atoms with Crippen molar-refractivity contribution in [1.29, 1.82) is 5.26 Å². The van der Waals surface area contributed by atoms with E-state index in [1.54, 1.807) is 20.2 Å². The van der Waals surface area contributed by atoms with Gasteiger partial charge < -0.3 is 21.3 Å².